The van der Waals surface area contributed by atoms with Crippen LogP contribution in [-0.2, 0) is 0 Å². The van der Waals surface area contributed by atoms with Crippen molar-refractivity contribution in [1.29, 1.82) is 0 Å². The van der Waals surface area contributed by atoms with Crippen LogP contribution in [0, 0.1) is 10.1 Å². The van der Waals surface area contributed by atoms with Gasteiger partial charge < -0.3 is 4.74 Å². The van der Waals surface area contributed by atoms with Gasteiger partial charge >= 0.3 is 0 Å². The molecule has 14 heavy (non-hydrogen) atoms. The van der Waals surface area contributed by atoms with E-state index in [1.165, 1.54) is 19.2 Å². The molecule has 0 aliphatic rings. The number of benzene rings is 1. The molecule has 0 radical (unpaired) electrons. The molecule has 0 aromatic heterocycles. The lowest BCUT2D eigenvalue weighted by atomic mass is 10.2. The number of nitrogens with zero attached hydrogens (tertiary/aromatic N) is 1. The molecule has 0 saturated carbocycles. The zero-order chi connectivity index (χ0) is 10.7. The van der Waals surface area contributed by atoms with Crippen LogP contribution in [0.4, 0.5) is 5.69 Å². The Labute approximate surface area is 84.4 Å². The molecular weight excluding hydrogens is 210 g/mol. The summed E-state index contributed by atoms with van der Waals surface area (Å²) in [6.07, 6.45) is 0. The number of carbonyl (C=O) groups excluding carboxylic acids is 1. The number of hydrogen-bond acceptors (Lipinski definition) is 4. The third kappa shape index (κ3) is 2.20. The summed E-state index contributed by atoms with van der Waals surface area (Å²) in [5, 5.41) is 9.68. The number of halogens is 1. The maximum atomic E-state index is 10.8. The minimum Gasteiger partial charge on any atom is -0.496 e. The van der Waals surface area contributed by atoms with Gasteiger partial charge in [-0.1, -0.05) is 0 Å². The molecule has 0 heterocycles. The average molecular weight is 216 g/mol. The second-order valence-corrected chi connectivity index (χ2v) is 2.79. The van der Waals surface area contributed by atoms with Crippen molar-refractivity contribution >= 4 is 22.5 Å². The van der Waals surface area contributed by atoms with Crippen LogP contribution in [0.5, 0.6) is 5.75 Å². The van der Waals surface area contributed by atoms with Gasteiger partial charge in [0.2, 0.25) is 0 Å². The van der Waals surface area contributed by atoms with Gasteiger partial charge in [-0.05, 0) is 17.7 Å². The molecule has 0 unspecified atom stereocenters. The highest BCUT2D eigenvalue weighted by atomic mass is 35.5. The van der Waals surface area contributed by atoms with Gasteiger partial charge in [-0.15, -0.1) is 0 Å². The van der Waals surface area contributed by atoms with Crippen molar-refractivity contribution in [2.24, 2.45) is 0 Å². The fraction of sp³-hybridized carbons (Fsp3) is 0.125. The van der Waals surface area contributed by atoms with Crippen LogP contribution in [0.25, 0.3) is 0 Å². The van der Waals surface area contributed by atoms with Crippen molar-refractivity contribution in [3.8, 4) is 5.75 Å². The van der Waals surface area contributed by atoms with Crippen molar-refractivity contribution in [2.45, 2.75) is 0 Å². The zero-order valence-electron chi connectivity index (χ0n) is 7.19. The number of non-ortho nitro benzene ring substituents is 1. The van der Waals surface area contributed by atoms with E-state index >= 15 is 0 Å². The summed E-state index contributed by atoms with van der Waals surface area (Å²) in [4.78, 5) is 20.6. The predicted octanol–water partition coefficient (Wildman–Crippen LogP) is 1.98. The summed E-state index contributed by atoms with van der Waals surface area (Å²) in [7, 11) is 1.35. The van der Waals surface area contributed by atoms with E-state index in [2.05, 4.69) is 0 Å². The Hall–Kier alpha value is -1.62. The number of hydrogen-bond donors (Lipinski definition) is 0. The molecule has 6 heteroatoms. The summed E-state index contributed by atoms with van der Waals surface area (Å²) >= 11 is 5.19. The first kappa shape index (κ1) is 10.5. The molecule has 0 atom stereocenters. The highest BCUT2D eigenvalue weighted by molar-refractivity contribution is 6.67. The van der Waals surface area contributed by atoms with Crippen molar-refractivity contribution < 1.29 is 14.5 Å². The van der Waals surface area contributed by atoms with E-state index in [1.54, 1.807) is 0 Å². The Kier molecular flexibility index (Phi) is 3.03. The molecule has 0 fully saturated rings. The van der Waals surface area contributed by atoms with Crippen LogP contribution in [0.3, 0.4) is 0 Å². The van der Waals surface area contributed by atoms with Crippen LogP contribution in [0.1, 0.15) is 10.4 Å². The molecule has 0 N–H and O–H groups in total. The second kappa shape index (κ2) is 4.06. The fourth-order valence-electron chi connectivity index (χ4n) is 0.920. The lowest BCUT2D eigenvalue weighted by molar-refractivity contribution is -0.384. The van der Waals surface area contributed by atoms with Crippen molar-refractivity contribution in [3.05, 3.63) is 33.9 Å². The molecule has 74 valence electrons. The predicted molar refractivity (Wildman–Crippen MR) is 49.8 cm³/mol. The quantitative estimate of drug-likeness (QED) is 0.439. The smallest absolute Gasteiger partial charge is 0.273 e. The van der Waals surface area contributed by atoms with E-state index in [4.69, 9.17) is 16.3 Å². The standard InChI is InChI=1S/C8H6ClNO4/c1-14-7-3-5(8(9)11)2-6(4-7)10(12)13/h2-4H,1H3. The number of methoxy groups -OCH3 is 1. The first-order chi connectivity index (χ1) is 6.54. The number of nitro groups is 1. The maximum absolute atomic E-state index is 10.8. The lowest BCUT2D eigenvalue weighted by Crippen LogP contribution is -1.95. The van der Waals surface area contributed by atoms with Crippen LogP contribution in [0.2, 0.25) is 0 Å². The molecule has 0 saturated heterocycles. The first-order valence-corrected chi connectivity index (χ1v) is 3.95. The van der Waals surface area contributed by atoms with Crippen molar-refractivity contribution in [2.75, 3.05) is 7.11 Å². The number of ether oxygens (including phenoxy) is 1. The van der Waals surface area contributed by atoms with Gasteiger partial charge in [0.1, 0.15) is 5.75 Å². The van der Waals surface area contributed by atoms with Crippen LogP contribution in [0.15, 0.2) is 18.2 Å². The summed E-state index contributed by atoms with van der Waals surface area (Å²) < 4.78 is 4.78. The van der Waals surface area contributed by atoms with Gasteiger partial charge in [-0.3, -0.25) is 14.9 Å². The highest BCUT2D eigenvalue weighted by Gasteiger charge is 2.13. The molecule has 0 aliphatic carbocycles. The molecule has 0 bridgehead atoms. The van der Waals surface area contributed by atoms with Gasteiger partial charge in [0.05, 0.1) is 18.1 Å². The van der Waals surface area contributed by atoms with E-state index < -0.39 is 10.2 Å². The lowest BCUT2D eigenvalue weighted by Gasteiger charge is -2.01. The molecule has 1 rings (SSSR count). The SMILES string of the molecule is COc1cc(C(=O)Cl)cc([N+](=O)[O-])c1. The van der Waals surface area contributed by atoms with E-state index in [9.17, 15) is 14.9 Å². The third-order valence-corrected chi connectivity index (χ3v) is 1.78. The van der Waals surface area contributed by atoms with Crippen LogP contribution in [-0.4, -0.2) is 17.3 Å². The van der Waals surface area contributed by atoms with Crippen LogP contribution >= 0.6 is 11.6 Å². The second-order valence-electron chi connectivity index (χ2n) is 2.45. The molecule has 0 spiro atoms. The van der Waals surface area contributed by atoms with E-state index in [-0.39, 0.29) is 17.0 Å². The Balaban J connectivity index is 3.27. The number of nitro benzene ring substituents is 1. The van der Waals surface area contributed by atoms with Gasteiger partial charge in [0, 0.05) is 11.6 Å². The number of rotatable bonds is 3. The summed E-state index contributed by atoms with van der Waals surface area (Å²) in [5.41, 5.74) is -0.189. The topological polar surface area (TPSA) is 69.4 Å². The van der Waals surface area contributed by atoms with Crippen molar-refractivity contribution in [3.63, 3.8) is 0 Å². The van der Waals surface area contributed by atoms with Crippen molar-refractivity contribution in [1.82, 2.24) is 0 Å². The minimum atomic E-state index is -0.757. The molecule has 0 amide bonds. The monoisotopic (exact) mass is 215 g/mol. The summed E-state index contributed by atoms with van der Waals surface area (Å²) in [6.45, 7) is 0. The Morgan fingerprint density at radius 1 is 1.50 bits per heavy atom. The van der Waals surface area contributed by atoms with E-state index in [1.807, 2.05) is 0 Å². The molecule has 1 aromatic carbocycles. The Bertz CT molecular complexity index is 359. The summed E-state index contributed by atoms with van der Waals surface area (Å²) in [6, 6.07) is 3.64. The number of carbonyl (C=O) groups is 1. The van der Waals surface area contributed by atoms with E-state index in [0.29, 0.717) is 0 Å². The molecule has 5 nitrogen and oxygen atoms in total. The van der Waals surface area contributed by atoms with E-state index in [0.717, 1.165) is 6.07 Å². The molecule has 0 aliphatic heterocycles. The first-order valence-electron chi connectivity index (χ1n) is 3.58. The van der Waals surface area contributed by atoms with Gasteiger partial charge in [-0.25, -0.2) is 0 Å². The molecular formula is C8H6ClNO4. The average Bonchev–Trinajstić information content (AvgIpc) is 2.16. The van der Waals surface area contributed by atoms with Crippen LogP contribution < -0.4 is 4.74 Å². The summed E-state index contributed by atoms with van der Waals surface area (Å²) in [5.74, 6) is 0.225. The maximum Gasteiger partial charge on any atom is 0.273 e. The Morgan fingerprint density at radius 2 is 2.14 bits per heavy atom. The minimum absolute atomic E-state index is 0.0396. The zero-order valence-corrected chi connectivity index (χ0v) is 7.95. The highest BCUT2D eigenvalue weighted by Crippen LogP contribution is 2.23. The third-order valence-electron chi connectivity index (χ3n) is 1.56. The Morgan fingerprint density at radius 3 is 2.57 bits per heavy atom. The van der Waals surface area contributed by atoms with Gasteiger partial charge in [0.15, 0.2) is 0 Å². The van der Waals surface area contributed by atoms with Gasteiger partial charge in [0.25, 0.3) is 10.9 Å². The normalized spacial score (nSPS) is 9.57. The van der Waals surface area contributed by atoms with Gasteiger partial charge in [-0.2, -0.15) is 0 Å². The largest absolute Gasteiger partial charge is 0.496 e. The molecule has 1 aromatic rings. The fourth-order valence-corrected chi connectivity index (χ4v) is 1.03.